The summed E-state index contributed by atoms with van der Waals surface area (Å²) in [5.74, 6) is 1.87. The number of piperidine rings is 1. The zero-order chi connectivity index (χ0) is 20.9. The molecule has 4 rings (SSSR count). The third-order valence-electron chi connectivity index (χ3n) is 5.63. The number of likely N-dealkylation sites (tertiary alicyclic amines) is 1. The number of para-hydroxylation sites is 1. The average molecular weight is 427 g/mol. The number of aromatic nitrogens is 1. The van der Waals surface area contributed by atoms with Gasteiger partial charge in [0.15, 0.2) is 18.0 Å². The SMILES string of the molecule is COc1ccc(CNC(=O)C[NH+]2CCC[C@@H](c3nc4ccccc4s3)C2)cc1OC. The van der Waals surface area contributed by atoms with Gasteiger partial charge in [-0.15, -0.1) is 11.3 Å². The molecule has 1 aromatic heterocycles. The van der Waals surface area contributed by atoms with Crippen LogP contribution < -0.4 is 19.7 Å². The van der Waals surface area contributed by atoms with Gasteiger partial charge in [0, 0.05) is 6.54 Å². The number of nitrogens with one attached hydrogen (secondary N) is 2. The van der Waals surface area contributed by atoms with Gasteiger partial charge >= 0.3 is 0 Å². The fourth-order valence-electron chi connectivity index (χ4n) is 4.07. The van der Waals surface area contributed by atoms with E-state index in [-0.39, 0.29) is 5.91 Å². The summed E-state index contributed by atoms with van der Waals surface area (Å²) in [5, 5.41) is 4.25. The molecule has 2 atom stereocenters. The van der Waals surface area contributed by atoms with Gasteiger partial charge in [-0.1, -0.05) is 18.2 Å². The molecule has 6 nitrogen and oxygen atoms in total. The lowest BCUT2D eigenvalue weighted by atomic mass is 9.99. The van der Waals surface area contributed by atoms with Gasteiger partial charge in [-0.05, 0) is 42.7 Å². The summed E-state index contributed by atoms with van der Waals surface area (Å²) in [6, 6.07) is 14.0. The molecular weight excluding hydrogens is 398 g/mol. The molecule has 1 aliphatic rings. The summed E-state index contributed by atoms with van der Waals surface area (Å²) in [6.07, 6.45) is 2.27. The van der Waals surface area contributed by atoms with Crippen LogP contribution in [-0.4, -0.2) is 44.7 Å². The molecule has 1 amide bonds. The Kier molecular flexibility index (Phi) is 6.50. The minimum absolute atomic E-state index is 0.0738. The smallest absolute Gasteiger partial charge is 0.275 e. The number of hydrogen-bond donors (Lipinski definition) is 2. The molecule has 30 heavy (non-hydrogen) atoms. The number of hydrogen-bond acceptors (Lipinski definition) is 5. The number of methoxy groups -OCH3 is 2. The minimum Gasteiger partial charge on any atom is -0.493 e. The molecule has 0 saturated carbocycles. The van der Waals surface area contributed by atoms with Gasteiger partial charge < -0.3 is 19.7 Å². The van der Waals surface area contributed by atoms with E-state index in [2.05, 4.69) is 23.5 Å². The van der Waals surface area contributed by atoms with Gasteiger partial charge in [-0.3, -0.25) is 4.79 Å². The Labute approximate surface area is 180 Å². The van der Waals surface area contributed by atoms with Gasteiger partial charge in [0.1, 0.15) is 5.01 Å². The quantitative estimate of drug-likeness (QED) is 0.609. The van der Waals surface area contributed by atoms with Crippen LogP contribution in [-0.2, 0) is 11.3 Å². The molecule has 1 unspecified atom stereocenters. The van der Waals surface area contributed by atoms with Crippen LogP contribution in [0.2, 0.25) is 0 Å². The summed E-state index contributed by atoms with van der Waals surface area (Å²) >= 11 is 1.79. The first-order valence-electron chi connectivity index (χ1n) is 10.3. The Morgan fingerprint density at radius 2 is 2.03 bits per heavy atom. The number of thiazole rings is 1. The van der Waals surface area contributed by atoms with Crippen molar-refractivity contribution in [3.63, 3.8) is 0 Å². The lowest BCUT2D eigenvalue weighted by molar-refractivity contribution is -0.898. The molecule has 0 bridgehead atoms. The lowest BCUT2D eigenvalue weighted by Crippen LogP contribution is -3.14. The van der Waals surface area contributed by atoms with Crippen molar-refractivity contribution >= 4 is 27.5 Å². The molecule has 0 aliphatic carbocycles. The standard InChI is InChI=1S/C23H27N3O3S/c1-28-19-10-9-16(12-20(19)29-2)13-24-22(27)15-26-11-5-6-17(14-26)23-25-18-7-3-4-8-21(18)30-23/h3-4,7-10,12,17H,5-6,11,13-15H2,1-2H3,(H,24,27)/p+1/t17-/m1/s1. The third-order valence-corrected chi connectivity index (χ3v) is 6.82. The number of quaternary nitrogens is 1. The lowest BCUT2D eigenvalue weighted by Gasteiger charge is -2.28. The van der Waals surface area contributed by atoms with Crippen molar-refractivity contribution in [2.45, 2.75) is 25.3 Å². The van der Waals surface area contributed by atoms with E-state index < -0.39 is 0 Å². The summed E-state index contributed by atoms with van der Waals surface area (Å²) in [6.45, 7) is 2.97. The molecule has 1 aliphatic heterocycles. The second kappa shape index (κ2) is 9.45. The van der Waals surface area contributed by atoms with Crippen LogP contribution in [0.3, 0.4) is 0 Å². The van der Waals surface area contributed by atoms with Gasteiger partial charge in [0.2, 0.25) is 0 Å². The first kappa shape index (κ1) is 20.6. The van der Waals surface area contributed by atoms with Gasteiger partial charge in [0.25, 0.3) is 5.91 Å². The van der Waals surface area contributed by atoms with E-state index >= 15 is 0 Å². The first-order chi connectivity index (χ1) is 14.7. The average Bonchev–Trinajstić information content (AvgIpc) is 3.22. The van der Waals surface area contributed by atoms with Gasteiger partial charge in [-0.2, -0.15) is 0 Å². The van der Waals surface area contributed by atoms with E-state index in [1.54, 1.807) is 25.6 Å². The van der Waals surface area contributed by atoms with E-state index in [1.165, 1.54) is 14.6 Å². The zero-order valence-corrected chi connectivity index (χ0v) is 18.3. The van der Waals surface area contributed by atoms with Crippen LogP contribution in [0.25, 0.3) is 10.2 Å². The summed E-state index contributed by atoms with van der Waals surface area (Å²) in [5.41, 5.74) is 2.07. The molecule has 7 heteroatoms. The largest absolute Gasteiger partial charge is 0.493 e. The molecular formula is C23H28N3O3S+. The van der Waals surface area contributed by atoms with Crippen molar-refractivity contribution in [2.24, 2.45) is 0 Å². The van der Waals surface area contributed by atoms with Crippen molar-refractivity contribution in [2.75, 3.05) is 33.9 Å². The molecule has 0 radical (unpaired) electrons. The van der Waals surface area contributed by atoms with Crippen molar-refractivity contribution in [1.29, 1.82) is 0 Å². The normalized spacial score (nSPS) is 18.9. The molecule has 2 aromatic carbocycles. The Balaban J connectivity index is 1.32. The molecule has 0 spiro atoms. The van der Waals surface area contributed by atoms with E-state index in [9.17, 15) is 4.79 Å². The maximum atomic E-state index is 12.5. The highest BCUT2D eigenvalue weighted by Gasteiger charge is 2.28. The number of ether oxygens (including phenoxy) is 2. The second-order valence-electron chi connectivity index (χ2n) is 7.71. The monoisotopic (exact) mass is 426 g/mol. The topological polar surface area (TPSA) is 64.9 Å². The summed E-state index contributed by atoms with van der Waals surface area (Å²) in [4.78, 5) is 18.7. The Bertz CT molecular complexity index is 987. The minimum atomic E-state index is 0.0738. The number of carbonyl (C=O) groups is 1. The number of nitrogens with zero attached hydrogens (tertiary/aromatic N) is 1. The first-order valence-corrected chi connectivity index (χ1v) is 11.1. The fraction of sp³-hybridized carbons (Fsp3) is 0.391. The number of benzene rings is 2. The molecule has 3 aromatic rings. The fourth-order valence-corrected chi connectivity index (χ4v) is 5.17. The summed E-state index contributed by atoms with van der Waals surface area (Å²) in [7, 11) is 3.23. The van der Waals surface area contributed by atoms with E-state index in [0.29, 0.717) is 30.5 Å². The number of rotatable bonds is 7. The highest BCUT2D eigenvalue weighted by Crippen LogP contribution is 2.30. The van der Waals surface area contributed by atoms with E-state index in [4.69, 9.17) is 14.5 Å². The van der Waals surface area contributed by atoms with Crippen molar-refractivity contribution in [3.8, 4) is 11.5 Å². The van der Waals surface area contributed by atoms with Crippen LogP contribution in [0.1, 0.15) is 29.3 Å². The van der Waals surface area contributed by atoms with Crippen LogP contribution >= 0.6 is 11.3 Å². The van der Waals surface area contributed by atoms with Crippen LogP contribution in [0.5, 0.6) is 11.5 Å². The Hall–Kier alpha value is -2.64. The molecule has 158 valence electrons. The second-order valence-corrected chi connectivity index (χ2v) is 8.77. The highest BCUT2D eigenvalue weighted by atomic mass is 32.1. The maximum Gasteiger partial charge on any atom is 0.275 e. The molecule has 1 saturated heterocycles. The zero-order valence-electron chi connectivity index (χ0n) is 17.4. The Morgan fingerprint density at radius 3 is 2.83 bits per heavy atom. The van der Waals surface area contributed by atoms with Crippen molar-refractivity contribution in [1.82, 2.24) is 10.3 Å². The van der Waals surface area contributed by atoms with Crippen LogP contribution in [0.4, 0.5) is 0 Å². The summed E-state index contributed by atoms with van der Waals surface area (Å²) < 4.78 is 11.8. The number of carbonyl (C=O) groups excluding carboxylic acids is 1. The van der Waals surface area contributed by atoms with E-state index in [1.807, 2.05) is 24.3 Å². The number of fused-ring (bicyclic) bond motifs is 1. The van der Waals surface area contributed by atoms with Gasteiger partial charge in [-0.25, -0.2) is 4.98 Å². The number of amides is 1. The van der Waals surface area contributed by atoms with Gasteiger partial charge in [0.05, 0.1) is 43.4 Å². The molecule has 1 fully saturated rings. The van der Waals surface area contributed by atoms with Crippen molar-refractivity contribution < 1.29 is 19.2 Å². The maximum absolute atomic E-state index is 12.5. The van der Waals surface area contributed by atoms with Crippen LogP contribution in [0.15, 0.2) is 42.5 Å². The van der Waals surface area contributed by atoms with Crippen molar-refractivity contribution in [3.05, 3.63) is 53.0 Å². The molecule has 2 N–H and O–H groups in total. The highest BCUT2D eigenvalue weighted by molar-refractivity contribution is 7.18. The predicted octanol–water partition coefficient (Wildman–Crippen LogP) is 2.39. The third kappa shape index (κ3) is 4.74. The molecule has 2 heterocycles. The van der Waals surface area contributed by atoms with Crippen LogP contribution in [0, 0.1) is 0 Å². The van der Waals surface area contributed by atoms with E-state index in [0.717, 1.165) is 37.0 Å². The predicted molar refractivity (Wildman–Crippen MR) is 119 cm³/mol. The Morgan fingerprint density at radius 1 is 1.20 bits per heavy atom.